The van der Waals surface area contributed by atoms with Gasteiger partial charge in [-0.1, -0.05) is 23.2 Å². The van der Waals surface area contributed by atoms with Crippen LogP contribution in [0.25, 0.3) is 0 Å². The van der Waals surface area contributed by atoms with Crippen LogP contribution in [-0.2, 0) is 17.6 Å². The number of rotatable bonds is 5. The van der Waals surface area contributed by atoms with Gasteiger partial charge in [0.05, 0.1) is 5.02 Å². The number of carboxylic acid groups (broad SMARTS) is 1. The standard InChI is InChI=1S/C21H21Cl2NO4S/c1-21(2,19(25)26)29-18-11-12-3-6-15(9-13(12)10-17(18)23)24-20(27)28-16-7-4-14(22)5-8-16/h4-5,7-8,10-11,15H,3,6,9H2,1-2H3,(H,24,27)(H,25,26). The van der Waals surface area contributed by atoms with E-state index in [0.29, 0.717) is 22.2 Å². The van der Waals surface area contributed by atoms with Crippen LogP contribution in [-0.4, -0.2) is 28.0 Å². The number of amides is 1. The van der Waals surface area contributed by atoms with Crippen LogP contribution in [0.4, 0.5) is 4.79 Å². The van der Waals surface area contributed by atoms with Gasteiger partial charge in [0, 0.05) is 16.0 Å². The van der Waals surface area contributed by atoms with Crippen molar-refractivity contribution in [2.75, 3.05) is 0 Å². The van der Waals surface area contributed by atoms with E-state index in [-0.39, 0.29) is 6.04 Å². The molecular weight excluding hydrogens is 433 g/mol. The Morgan fingerprint density at radius 2 is 1.86 bits per heavy atom. The summed E-state index contributed by atoms with van der Waals surface area (Å²) in [6.07, 6.45) is 1.65. The molecule has 1 atom stereocenters. The molecule has 0 heterocycles. The third-order valence-corrected chi connectivity index (χ3v) is 6.63. The fourth-order valence-electron chi connectivity index (χ4n) is 3.08. The highest BCUT2D eigenvalue weighted by atomic mass is 35.5. The van der Waals surface area contributed by atoms with Crippen LogP contribution in [0.5, 0.6) is 5.75 Å². The van der Waals surface area contributed by atoms with Gasteiger partial charge in [0.25, 0.3) is 0 Å². The van der Waals surface area contributed by atoms with E-state index in [1.165, 1.54) is 11.8 Å². The molecular formula is C21H21Cl2NO4S. The van der Waals surface area contributed by atoms with Gasteiger partial charge in [-0.05, 0) is 80.6 Å². The zero-order valence-corrected chi connectivity index (χ0v) is 18.3. The van der Waals surface area contributed by atoms with E-state index in [1.807, 2.05) is 12.1 Å². The van der Waals surface area contributed by atoms with Crippen molar-refractivity contribution in [1.29, 1.82) is 0 Å². The quantitative estimate of drug-likeness (QED) is 0.576. The van der Waals surface area contributed by atoms with E-state index < -0.39 is 16.8 Å². The lowest BCUT2D eigenvalue weighted by Crippen LogP contribution is -2.40. The lowest BCUT2D eigenvalue weighted by Gasteiger charge is -2.27. The molecule has 0 saturated heterocycles. The Labute approximate surface area is 183 Å². The van der Waals surface area contributed by atoms with E-state index in [9.17, 15) is 14.7 Å². The van der Waals surface area contributed by atoms with E-state index >= 15 is 0 Å². The predicted octanol–water partition coefficient (Wildman–Crippen LogP) is 5.59. The van der Waals surface area contributed by atoms with E-state index in [4.69, 9.17) is 27.9 Å². The summed E-state index contributed by atoms with van der Waals surface area (Å²) in [5.41, 5.74) is 2.18. The van der Waals surface area contributed by atoms with Gasteiger partial charge in [-0.25, -0.2) is 4.79 Å². The molecule has 1 aliphatic rings. The van der Waals surface area contributed by atoms with Crippen LogP contribution in [0.1, 0.15) is 31.4 Å². The van der Waals surface area contributed by atoms with Crippen LogP contribution < -0.4 is 10.1 Å². The zero-order valence-electron chi connectivity index (χ0n) is 16.0. The summed E-state index contributed by atoms with van der Waals surface area (Å²) < 4.78 is 4.32. The second kappa shape index (κ2) is 8.86. The molecule has 5 nitrogen and oxygen atoms in total. The molecule has 2 aromatic rings. The van der Waals surface area contributed by atoms with Gasteiger partial charge in [0.15, 0.2) is 0 Å². The number of fused-ring (bicyclic) bond motifs is 1. The number of carbonyl (C=O) groups is 2. The van der Waals surface area contributed by atoms with Gasteiger partial charge in [0.2, 0.25) is 0 Å². The first-order valence-corrected chi connectivity index (χ1v) is 10.7. The van der Waals surface area contributed by atoms with Gasteiger partial charge in [-0.2, -0.15) is 0 Å². The maximum absolute atomic E-state index is 12.2. The number of carboxylic acids is 1. The van der Waals surface area contributed by atoms with Crippen molar-refractivity contribution < 1.29 is 19.4 Å². The Morgan fingerprint density at radius 1 is 1.17 bits per heavy atom. The van der Waals surface area contributed by atoms with Crippen LogP contribution in [0.2, 0.25) is 10.0 Å². The molecule has 0 radical (unpaired) electrons. The number of ether oxygens (including phenoxy) is 1. The van der Waals surface area contributed by atoms with E-state index in [2.05, 4.69) is 5.32 Å². The topological polar surface area (TPSA) is 75.6 Å². The van der Waals surface area contributed by atoms with Crippen molar-refractivity contribution in [3.8, 4) is 5.75 Å². The fourth-order valence-corrected chi connectivity index (χ4v) is 4.51. The van der Waals surface area contributed by atoms with Gasteiger partial charge >= 0.3 is 12.1 Å². The Balaban J connectivity index is 1.65. The van der Waals surface area contributed by atoms with Crippen LogP contribution in [0.15, 0.2) is 41.3 Å². The highest BCUT2D eigenvalue weighted by molar-refractivity contribution is 8.01. The minimum atomic E-state index is -0.970. The third-order valence-electron chi connectivity index (χ3n) is 4.71. The summed E-state index contributed by atoms with van der Waals surface area (Å²) in [7, 11) is 0. The number of thioether (sulfide) groups is 1. The molecule has 0 aliphatic heterocycles. The van der Waals surface area contributed by atoms with Crippen LogP contribution in [0, 0.1) is 0 Å². The molecule has 2 aromatic carbocycles. The first-order chi connectivity index (χ1) is 13.6. The summed E-state index contributed by atoms with van der Waals surface area (Å²) in [6.45, 7) is 3.31. The molecule has 8 heteroatoms. The van der Waals surface area contributed by atoms with Crippen molar-refractivity contribution in [1.82, 2.24) is 5.32 Å². The number of hydrogen-bond acceptors (Lipinski definition) is 4. The molecule has 0 aromatic heterocycles. The number of carbonyl (C=O) groups excluding carboxylic acids is 1. The van der Waals surface area contributed by atoms with Gasteiger partial charge in [-0.3, -0.25) is 4.79 Å². The first-order valence-electron chi connectivity index (χ1n) is 9.11. The fraction of sp³-hybridized carbons (Fsp3) is 0.333. The SMILES string of the molecule is CC(C)(Sc1cc2c(cc1Cl)CC(NC(=O)Oc1ccc(Cl)cc1)CC2)C(=O)O. The highest BCUT2D eigenvalue weighted by Gasteiger charge is 2.30. The minimum absolute atomic E-state index is 0.0627. The molecule has 1 aliphatic carbocycles. The molecule has 0 bridgehead atoms. The van der Waals surface area contributed by atoms with Gasteiger partial charge < -0.3 is 15.2 Å². The molecule has 0 fully saturated rings. The number of nitrogens with one attached hydrogen (secondary N) is 1. The Kier molecular flexibility index (Phi) is 6.66. The number of hydrogen-bond donors (Lipinski definition) is 2. The molecule has 1 amide bonds. The summed E-state index contributed by atoms with van der Waals surface area (Å²) in [5.74, 6) is -0.464. The number of halogens is 2. The second-order valence-electron chi connectivity index (χ2n) is 7.40. The molecule has 2 N–H and O–H groups in total. The monoisotopic (exact) mass is 453 g/mol. The smallest absolute Gasteiger partial charge is 0.412 e. The Hall–Kier alpha value is -1.89. The minimum Gasteiger partial charge on any atom is -0.480 e. The average Bonchev–Trinajstić information content (AvgIpc) is 2.64. The van der Waals surface area contributed by atoms with Crippen molar-refractivity contribution in [2.45, 2.75) is 48.8 Å². The lowest BCUT2D eigenvalue weighted by molar-refractivity contribution is -0.138. The normalized spacial score (nSPS) is 16.1. The maximum atomic E-state index is 12.2. The summed E-state index contributed by atoms with van der Waals surface area (Å²) >= 11 is 13.5. The van der Waals surface area contributed by atoms with Crippen LogP contribution >= 0.6 is 35.0 Å². The summed E-state index contributed by atoms with van der Waals surface area (Å²) in [6, 6.07) is 10.4. The summed E-state index contributed by atoms with van der Waals surface area (Å²) in [4.78, 5) is 24.3. The molecule has 29 heavy (non-hydrogen) atoms. The molecule has 1 unspecified atom stereocenters. The highest BCUT2D eigenvalue weighted by Crippen LogP contribution is 2.39. The van der Waals surface area contributed by atoms with Crippen molar-refractivity contribution in [2.24, 2.45) is 0 Å². The molecule has 0 saturated carbocycles. The van der Waals surface area contributed by atoms with Gasteiger partial charge in [0.1, 0.15) is 10.5 Å². The first kappa shape index (κ1) is 21.8. The third kappa shape index (κ3) is 5.59. The second-order valence-corrected chi connectivity index (χ2v) is 9.90. The molecule has 154 valence electrons. The van der Waals surface area contributed by atoms with Crippen molar-refractivity contribution in [3.63, 3.8) is 0 Å². The van der Waals surface area contributed by atoms with Gasteiger partial charge in [-0.15, -0.1) is 11.8 Å². The lowest BCUT2D eigenvalue weighted by atomic mass is 9.88. The van der Waals surface area contributed by atoms with E-state index in [0.717, 1.165) is 28.9 Å². The molecule has 0 spiro atoms. The van der Waals surface area contributed by atoms with Crippen molar-refractivity contribution in [3.05, 3.63) is 57.6 Å². The number of benzene rings is 2. The summed E-state index contributed by atoms with van der Waals surface area (Å²) in [5, 5.41) is 13.3. The Bertz CT molecular complexity index is 931. The average molecular weight is 454 g/mol. The maximum Gasteiger partial charge on any atom is 0.412 e. The number of aliphatic carboxylic acids is 1. The van der Waals surface area contributed by atoms with Crippen molar-refractivity contribution >= 4 is 47.0 Å². The Morgan fingerprint density at radius 3 is 2.52 bits per heavy atom. The largest absolute Gasteiger partial charge is 0.480 e. The predicted molar refractivity (Wildman–Crippen MR) is 115 cm³/mol. The zero-order chi connectivity index (χ0) is 21.2. The van der Waals surface area contributed by atoms with E-state index in [1.54, 1.807) is 38.1 Å². The molecule has 3 rings (SSSR count). The number of aryl methyl sites for hydroxylation is 1. The van der Waals surface area contributed by atoms with Crippen LogP contribution in [0.3, 0.4) is 0 Å².